The van der Waals surface area contributed by atoms with Crippen LogP contribution in [0.4, 0.5) is 5.69 Å². The highest BCUT2D eigenvalue weighted by Crippen LogP contribution is 2.22. The van der Waals surface area contributed by atoms with Crippen molar-refractivity contribution in [3.05, 3.63) is 36.7 Å². The van der Waals surface area contributed by atoms with Gasteiger partial charge in [-0.1, -0.05) is 6.07 Å². The summed E-state index contributed by atoms with van der Waals surface area (Å²) in [7, 11) is 2.01. The molecule has 0 atom stereocenters. The molecule has 1 aliphatic heterocycles. The molecule has 0 bridgehead atoms. The van der Waals surface area contributed by atoms with Crippen LogP contribution in [-0.4, -0.2) is 23.7 Å². The number of benzene rings is 1. The molecule has 3 nitrogen and oxygen atoms in total. The molecule has 1 aliphatic rings. The van der Waals surface area contributed by atoms with Crippen LogP contribution in [0.25, 0.3) is 0 Å². The molecule has 3 heteroatoms. The summed E-state index contributed by atoms with van der Waals surface area (Å²) in [4.78, 5) is 4.14. The van der Waals surface area contributed by atoms with E-state index in [2.05, 4.69) is 9.80 Å². The van der Waals surface area contributed by atoms with E-state index in [0.717, 1.165) is 12.4 Å². The lowest BCUT2D eigenvalue weighted by Crippen LogP contribution is -2.21. The maximum absolute atomic E-state index is 9.27. The normalized spacial score (nSPS) is 15.5. The second-order valence-electron chi connectivity index (χ2n) is 3.19. The van der Waals surface area contributed by atoms with E-state index in [9.17, 15) is 5.11 Å². The van der Waals surface area contributed by atoms with Crippen molar-refractivity contribution in [3.8, 4) is 5.75 Å². The van der Waals surface area contributed by atoms with Crippen LogP contribution in [0.15, 0.2) is 36.7 Å². The highest BCUT2D eigenvalue weighted by atomic mass is 16.3. The first kappa shape index (κ1) is 7.98. The molecule has 0 saturated heterocycles. The van der Waals surface area contributed by atoms with Gasteiger partial charge in [-0.2, -0.15) is 0 Å². The Kier molecular flexibility index (Phi) is 1.85. The Morgan fingerprint density at radius 2 is 2.15 bits per heavy atom. The average molecular weight is 176 g/mol. The van der Waals surface area contributed by atoms with Crippen molar-refractivity contribution in [1.29, 1.82) is 0 Å². The molecule has 13 heavy (non-hydrogen) atoms. The first-order chi connectivity index (χ1) is 6.25. The van der Waals surface area contributed by atoms with Crippen LogP contribution in [-0.2, 0) is 0 Å². The molecule has 68 valence electrons. The lowest BCUT2D eigenvalue weighted by atomic mass is 10.3. The van der Waals surface area contributed by atoms with E-state index in [4.69, 9.17) is 0 Å². The largest absolute Gasteiger partial charge is 0.508 e. The average Bonchev–Trinajstić information content (AvgIpc) is 2.52. The summed E-state index contributed by atoms with van der Waals surface area (Å²) < 4.78 is 0. The minimum absolute atomic E-state index is 0.306. The molecule has 0 aliphatic carbocycles. The van der Waals surface area contributed by atoms with Crippen molar-refractivity contribution >= 4 is 5.69 Å². The number of anilines is 1. The van der Waals surface area contributed by atoms with E-state index >= 15 is 0 Å². The van der Waals surface area contributed by atoms with Crippen molar-refractivity contribution in [3.63, 3.8) is 0 Å². The topological polar surface area (TPSA) is 26.7 Å². The quantitative estimate of drug-likeness (QED) is 0.703. The van der Waals surface area contributed by atoms with Crippen molar-refractivity contribution in [2.24, 2.45) is 0 Å². The van der Waals surface area contributed by atoms with Crippen LogP contribution in [0, 0.1) is 0 Å². The Bertz CT molecular complexity index is 335. The number of phenolic OH excluding ortho intramolecular Hbond substituents is 1. The van der Waals surface area contributed by atoms with Gasteiger partial charge >= 0.3 is 0 Å². The molecule has 0 fully saturated rings. The minimum atomic E-state index is 0.306. The third-order valence-corrected chi connectivity index (χ3v) is 2.04. The van der Waals surface area contributed by atoms with Crippen molar-refractivity contribution in [1.82, 2.24) is 4.90 Å². The standard InChI is InChI=1S/C10H12N2O/c1-11-5-6-12(8-11)9-3-2-4-10(13)7-9/h2-7,13H,8H2,1H3. The predicted octanol–water partition coefficient (Wildman–Crippen LogP) is 1.57. The van der Waals surface area contributed by atoms with Gasteiger partial charge in [0.1, 0.15) is 5.75 Å². The van der Waals surface area contributed by atoms with Crippen LogP contribution in [0.1, 0.15) is 0 Å². The van der Waals surface area contributed by atoms with Gasteiger partial charge < -0.3 is 14.9 Å². The van der Waals surface area contributed by atoms with Crippen LogP contribution in [0.3, 0.4) is 0 Å². The zero-order chi connectivity index (χ0) is 9.26. The zero-order valence-electron chi connectivity index (χ0n) is 7.51. The lowest BCUT2D eigenvalue weighted by Gasteiger charge is -2.18. The maximum Gasteiger partial charge on any atom is 0.117 e. The SMILES string of the molecule is CN1C=CN(c2cccc(O)c2)C1. The highest BCUT2D eigenvalue weighted by Gasteiger charge is 2.09. The van der Waals surface area contributed by atoms with E-state index in [1.54, 1.807) is 12.1 Å². The van der Waals surface area contributed by atoms with E-state index in [1.807, 2.05) is 31.6 Å². The van der Waals surface area contributed by atoms with E-state index < -0.39 is 0 Å². The van der Waals surface area contributed by atoms with Gasteiger partial charge in [-0.15, -0.1) is 0 Å². The lowest BCUT2D eigenvalue weighted by molar-refractivity contribution is 0.474. The van der Waals surface area contributed by atoms with Gasteiger partial charge in [-0.05, 0) is 12.1 Å². The van der Waals surface area contributed by atoms with Gasteiger partial charge in [0.2, 0.25) is 0 Å². The highest BCUT2D eigenvalue weighted by molar-refractivity contribution is 5.53. The number of aromatic hydroxyl groups is 1. The van der Waals surface area contributed by atoms with Crippen molar-refractivity contribution in [2.45, 2.75) is 0 Å². The first-order valence-corrected chi connectivity index (χ1v) is 4.20. The van der Waals surface area contributed by atoms with Crippen LogP contribution >= 0.6 is 0 Å². The number of hydrogen-bond donors (Lipinski definition) is 1. The zero-order valence-corrected chi connectivity index (χ0v) is 7.51. The number of phenols is 1. The molecule has 0 unspecified atom stereocenters. The van der Waals surface area contributed by atoms with E-state index in [1.165, 1.54) is 0 Å². The Morgan fingerprint density at radius 1 is 1.31 bits per heavy atom. The van der Waals surface area contributed by atoms with Gasteiger partial charge in [0.15, 0.2) is 0 Å². The Morgan fingerprint density at radius 3 is 2.77 bits per heavy atom. The molecule has 1 aromatic carbocycles. The van der Waals surface area contributed by atoms with Gasteiger partial charge in [-0.3, -0.25) is 0 Å². The second kappa shape index (κ2) is 3.01. The molecule has 1 aromatic rings. The second-order valence-corrected chi connectivity index (χ2v) is 3.19. The summed E-state index contributed by atoms with van der Waals surface area (Å²) >= 11 is 0. The Balaban J connectivity index is 2.22. The third kappa shape index (κ3) is 1.59. The Hall–Kier alpha value is -1.64. The fraction of sp³-hybridized carbons (Fsp3) is 0.200. The third-order valence-electron chi connectivity index (χ3n) is 2.04. The number of nitrogens with zero attached hydrogens (tertiary/aromatic N) is 2. The monoisotopic (exact) mass is 176 g/mol. The molecule has 0 amide bonds. The van der Waals surface area contributed by atoms with Gasteiger partial charge in [0.25, 0.3) is 0 Å². The molecule has 2 rings (SSSR count). The number of hydrogen-bond acceptors (Lipinski definition) is 3. The van der Waals surface area contributed by atoms with Gasteiger partial charge in [0, 0.05) is 31.2 Å². The van der Waals surface area contributed by atoms with E-state index in [-0.39, 0.29) is 0 Å². The summed E-state index contributed by atoms with van der Waals surface area (Å²) in [6, 6.07) is 7.25. The predicted molar refractivity (Wildman–Crippen MR) is 52.4 cm³/mol. The molecule has 0 radical (unpaired) electrons. The van der Waals surface area contributed by atoms with Crippen molar-refractivity contribution in [2.75, 3.05) is 18.6 Å². The fourth-order valence-corrected chi connectivity index (χ4v) is 1.37. The summed E-state index contributed by atoms with van der Waals surface area (Å²) in [5.41, 5.74) is 1.01. The Labute approximate surface area is 77.5 Å². The van der Waals surface area contributed by atoms with Crippen LogP contribution in [0.5, 0.6) is 5.75 Å². The smallest absolute Gasteiger partial charge is 0.117 e. The molecular formula is C10H12N2O. The molecule has 1 N–H and O–H groups in total. The summed E-state index contributed by atoms with van der Waals surface area (Å²) in [6.07, 6.45) is 4.00. The van der Waals surface area contributed by atoms with Crippen molar-refractivity contribution < 1.29 is 5.11 Å². The molecule has 0 saturated carbocycles. The molecule has 1 heterocycles. The number of rotatable bonds is 1. The van der Waals surface area contributed by atoms with Gasteiger partial charge in [-0.25, -0.2) is 0 Å². The van der Waals surface area contributed by atoms with Gasteiger partial charge in [0.05, 0.1) is 6.67 Å². The summed E-state index contributed by atoms with van der Waals surface area (Å²) in [5.74, 6) is 0.306. The molecule has 0 spiro atoms. The summed E-state index contributed by atoms with van der Waals surface area (Å²) in [6.45, 7) is 0.837. The van der Waals surface area contributed by atoms with Crippen LogP contribution in [0.2, 0.25) is 0 Å². The van der Waals surface area contributed by atoms with E-state index in [0.29, 0.717) is 5.75 Å². The first-order valence-electron chi connectivity index (χ1n) is 4.20. The fourth-order valence-electron chi connectivity index (χ4n) is 1.37. The summed E-state index contributed by atoms with van der Waals surface area (Å²) in [5, 5.41) is 9.27. The maximum atomic E-state index is 9.27. The van der Waals surface area contributed by atoms with Crippen LogP contribution < -0.4 is 4.90 Å². The minimum Gasteiger partial charge on any atom is -0.508 e. The molecular weight excluding hydrogens is 164 g/mol. The molecule has 0 aromatic heterocycles.